The summed E-state index contributed by atoms with van der Waals surface area (Å²) in [5.41, 5.74) is -0.601. The van der Waals surface area contributed by atoms with Crippen molar-refractivity contribution in [2.45, 2.75) is 84.9 Å². The molecule has 3 aromatic rings. The molecule has 0 N–H and O–H groups in total. The molecule has 1 aromatic carbocycles. The summed E-state index contributed by atoms with van der Waals surface area (Å²) in [4.78, 5) is 21.1. The van der Waals surface area contributed by atoms with Gasteiger partial charge in [-0.2, -0.15) is 0 Å². The average molecular weight is 667 g/mol. The van der Waals surface area contributed by atoms with Crippen molar-refractivity contribution in [2.75, 3.05) is 18.1 Å². The number of amides is 1. The van der Waals surface area contributed by atoms with Crippen LogP contribution in [0.15, 0.2) is 37.1 Å². The Morgan fingerprint density at radius 1 is 1.23 bits per heavy atom. The van der Waals surface area contributed by atoms with Crippen LogP contribution < -0.4 is 9.64 Å². The van der Waals surface area contributed by atoms with E-state index in [9.17, 15) is 4.79 Å². The molecule has 1 fully saturated rings. The van der Waals surface area contributed by atoms with Gasteiger partial charge in [-0.15, -0.1) is 16.8 Å². The van der Waals surface area contributed by atoms with E-state index in [1.807, 2.05) is 11.8 Å². The lowest BCUT2D eigenvalue weighted by Crippen LogP contribution is -2.52. The van der Waals surface area contributed by atoms with Gasteiger partial charge < -0.3 is 19.1 Å². The number of benzene rings is 1. The Morgan fingerprint density at radius 3 is 2.52 bits per heavy atom. The number of ether oxygens (including phenoxy) is 3. The van der Waals surface area contributed by atoms with Crippen LogP contribution in [0.3, 0.4) is 0 Å². The van der Waals surface area contributed by atoms with Crippen molar-refractivity contribution in [3.05, 3.63) is 52.9 Å². The normalized spacial score (nSPS) is 18.0. The fraction of sp³-hybridized carbons (Fsp3) is 0.484. The van der Waals surface area contributed by atoms with Gasteiger partial charge in [-0.25, -0.2) is 14.2 Å². The van der Waals surface area contributed by atoms with Crippen molar-refractivity contribution in [1.29, 1.82) is 0 Å². The summed E-state index contributed by atoms with van der Waals surface area (Å²) in [5, 5.41) is 10.2. The summed E-state index contributed by atoms with van der Waals surface area (Å²) >= 11 is 14.4. The predicted molar refractivity (Wildman–Crippen MR) is 173 cm³/mol. The summed E-state index contributed by atoms with van der Waals surface area (Å²) in [7, 11) is 0. The van der Waals surface area contributed by atoms with E-state index in [1.165, 1.54) is 28.4 Å². The minimum atomic E-state index is -0.940. The summed E-state index contributed by atoms with van der Waals surface area (Å²) in [6, 6.07) is 4.08. The third-order valence-electron chi connectivity index (χ3n) is 6.89. The van der Waals surface area contributed by atoms with Crippen LogP contribution in [0.25, 0.3) is 21.1 Å². The monoisotopic (exact) mass is 665 g/mol. The van der Waals surface area contributed by atoms with E-state index in [1.54, 1.807) is 53.0 Å². The fourth-order valence-electron chi connectivity index (χ4n) is 4.94. The van der Waals surface area contributed by atoms with E-state index < -0.39 is 29.3 Å². The summed E-state index contributed by atoms with van der Waals surface area (Å²) < 4.78 is 32.8. The first kappa shape index (κ1) is 33.9. The lowest BCUT2D eigenvalue weighted by atomic mass is 10.1. The molecule has 238 valence electrons. The van der Waals surface area contributed by atoms with Gasteiger partial charge in [0.05, 0.1) is 22.2 Å². The van der Waals surface area contributed by atoms with Crippen molar-refractivity contribution in [3.8, 4) is 26.9 Å². The molecule has 1 aliphatic rings. The number of anilines is 1. The van der Waals surface area contributed by atoms with Gasteiger partial charge in [-0.3, -0.25) is 4.90 Å². The maximum Gasteiger partial charge on any atom is 0.413 e. The molecule has 0 saturated carbocycles. The number of rotatable bonds is 9. The molecule has 9 nitrogen and oxygen atoms in total. The molecule has 0 bridgehead atoms. The van der Waals surface area contributed by atoms with E-state index in [4.69, 9.17) is 37.4 Å². The molecule has 0 aliphatic carbocycles. The van der Waals surface area contributed by atoms with E-state index in [0.717, 1.165) is 0 Å². The molecule has 0 unspecified atom stereocenters. The Morgan fingerprint density at radius 2 is 1.91 bits per heavy atom. The zero-order valence-corrected chi connectivity index (χ0v) is 28.5. The maximum atomic E-state index is 15.3. The number of hydrogen-bond donors (Lipinski definition) is 0. The van der Waals surface area contributed by atoms with E-state index in [0.29, 0.717) is 38.5 Å². The highest BCUT2D eigenvalue weighted by molar-refractivity contribution is 7.18. The smallest absolute Gasteiger partial charge is 0.413 e. The maximum absolute atomic E-state index is 15.3. The number of nitrogens with zero attached hydrogens (tertiary/aromatic N) is 5. The average Bonchev–Trinajstić information content (AvgIpc) is 3.48. The molecule has 3 heterocycles. The highest BCUT2D eigenvalue weighted by atomic mass is 35.5. The van der Waals surface area contributed by atoms with E-state index in [2.05, 4.69) is 35.6 Å². The van der Waals surface area contributed by atoms with Crippen molar-refractivity contribution in [1.82, 2.24) is 20.1 Å². The standard InChI is InChI=1S/C31H38Cl2FN5O4S/c1-10-11-38(17(2)3)26-22(33)12-19(15-35-26)27-36-37-28(44-27)20-13-23(34)25(14-21(20)32)41-16-24-18(4)42-31(8,9)39(24)29(40)43-30(5,6)7/h10,12-15,17-18,24H,1,11,16H2,2-9H3/t18-,24+/m1/s1. The minimum Gasteiger partial charge on any atom is -0.488 e. The molecular formula is C31H38Cl2FN5O4S. The molecule has 13 heteroatoms. The molecule has 2 aromatic heterocycles. The van der Waals surface area contributed by atoms with Crippen molar-refractivity contribution in [2.24, 2.45) is 0 Å². The highest BCUT2D eigenvalue weighted by Crippen LogP contribution is 2.39. The number of carbonyl (C=O) groups excluding carboxylic acids is 1. The first-order valence-corrected chi connectivity index (χ1v) is 15.8. The topological polar surface area (TPSA) is 89.9 Å². The predicted octanol–water partition coefficient (Wildman–Crippen LogP) is 8.25. The number of aromatic nitrogens is 3. The lowest BCUT2D eigenvalue weighted by molar-refractivity contribution is -0.0760. The van der Waals surface area contributed by atoms with Gasteiger partial charge in [0.1, 0.15) is 33.8 Å². The number of carbonyl (C=O) groups is 1. The molecule has 1 saturated heterocycles. The number of halogens is 3. The van der Waals surface area contributed by atoms with Gasteiger partial charge in [0, 0.05) is 36.0 Å². The Balaban J connectivity index is 1.52. The largest absolute Gasteiger partial charge is 0.488 e. The molecule has 2 atom stereocenters. The van der Waals surface area contributed by atoms with Gasteiger partial charge in [0.2, 0.25) is 0 Å². The van der Waals surface area contributed by atoms with Gasteiger partial charge in [-0.1, -0.05) is 40.6 Å². The molecule has 1 aliphatic heterocycles. The highest BCUT2D eigenvalue weighted by Gasteiger charge is 2.50. The van der Waals surface area contributed by atoms with E-state index >= 15 is 4.39 Å². The quantitative estimate of drug-likeness (QED) is 0.211. The third-order valence-corrected chi connectivity index (χ3v) is 8.49. The Bertz CT molecular complexity index is 1530. The molecule has 0 spiro atoms. The van der Waals surface area contributed by atoms with Crippen LogP contribution >= 0.6 is 34.5 Å². The molecule has 1 amide bonds. The first-order valence-electron chi connectivity index (χ1n) is 14.2. The Hall–Kier alpha value is -2.99. The van der Waals surface area contributed by atoms with Crippen molar-refractivity contribution < 1.29 is 23.4 Å². The Kier molecular flexibility index (Phi) is 10.1. The van der Waals surface area contributed by atoms with E-state index in [-0.39, 0.29) is 29.5 Å². The lowest BCUT2D eigenvalue weighted by Gasteiger charge is -2.35. The second-order valence-electron chi connectivity index (χ2n) is 12.2. The molecule has 4 rings (SSSR count). The summed E-state index contributed by atoms with van der Waals surface area (Å²) in [5.74, 6) is -0.0571. The number of hydrogen-bond acceptors (Lipinski definition) is 9. The Labute approximate surface area is 271 Å². The second kappa shape index (κ2) is 13.2. The van der Waals surface area contributed by atoms with Crippen LogP contribution in [-0.2, 0) is 9.47 Å². The van der Waals surface area contributed by atoms with Crippen LogP contribution in [0.2, 0.25) is 10.0 Å². The van der Waals surface area contributed by atoms with Crippen LogP contribution in [-0.4, -0.2) is 68.8 Å². The zero-order valence-electron chi connectivity index (χ0n) is 26.2. The fourth-order valence-corrected chi connectivity index (χ4v) is 6.37. The van der Waals surface area contributed by atoms with Crippen molar-refractivity contribution in [3.63, 3.8) is 0 Å². The zero-order chi connectivity index (χ0) is 32.6. The third kappa shape index (κ3) is 7.44. The summed E-state index contributed by atoms with van der Waals surface area (Å²) in [6.07, 6.45) is 2.55. The van der Waals surface area contributed by atoms with Gasteiger partial charge in [0.15, 0.2) is 11.6 Å². The van der Waals surface area contributed by atoms with Crippen LogP contribution in [0.5, 0.6) is 5.75 Å². The summed E-state index contributed by atoms with van der Waals surface area (Å²) in [6.45, 7) is 19.2. The SMILES string of the molecule is C=CCN(c1ncc(-c2nnc(-c3cc(F)c(OC[C@H]4[C@@H](C)OC(C)(C)N4C(=O)OC(C)(C)C)cc3Cl)s2)cc1Cl)C(C)C. The van der Waals surface area contributed by atoms with Gasteiger partial charge >= 0.3 is 6.09 Å². The molecule has 0 radical (unpaired) electrons. The van der Waals surface area contributed by atoms with Crippen molar-refractivity contribution >= 4 is 46.4 Å². The van der Waals surface area contributed by atoms with Crippen LogP contribution in [0, 0.1) is 5.82 Å². The number of pyridine rings is 1. The van der Waals surface area contributed by atoms with Gasteiger partial charge in [0.25, 0.3) is 0 Å². The van der Waals surface area contributed by atoms with Gasteiger partial charge in [-0.05, 0) is 67.5 Å². The minimum absolute atomic E-state index is 0.0375. The first-order chi connectivity index (χ1) is 20.5. The molecule has 44 heavy (non-hydrogen) atoms. The molecular weight excluding hydrogens is 628 g/mol. The van der Waals surface area contributed by atoms with Crippen LogP contribution in [0.1, 0.15) is 55.4 Å². The second-order valence-corrected chi connectivity index (χ2v) is 14.0. The van der Waals surface area contributed by atoms with Crippen LogP contribution in [0.4, 0.5) is 15.0 Å².